The first kappa shape index (κ1) is 29.3. The molecular weight excluding hydrogens is 482 g/mol. The molecule has 3 rings (SSSR count). The van der Waals surface area contributed by atoms with Crippen molar-refractivity contribution in [3.63, 3.8) is 0 Å². The molecule has 0 saturated carbocycles. The standard InChI is InChI=1S/C18H16N2O8S2.2Na/c1-10-7-14(16(26-2)9-17(10)29-28-27-22)19-20-18-13-5-4-12(30(23,24)25)8-11(13)3-6-15(18)21;;/h3-9,21-22H,1-2H3,(H,23,24,25);;/q;2*+1/p-2. The number of methoxy groups -OCH3 is 1. The van der Waals surface area contributed by atoms with Gasteiger partial charge >= 0.3 is 59.1 Å². The minimum Gasteiger partial charge on any atom is -0.744 e. The monoisotopic (exact) mass is 496 g/mol. The first-order chi connectivity index (χ1) is 14.2. The van der Waals surface area contributed by atoms with Crippen molar-refractivity contribution in [2.75, 3.05) is 7.11 Å². The van der Waals surface area contributed by atoms with E-state index in [2.05, 4.69) is 19.6 Å². The van der Waals surface area contributed by atoms with Gasteiger partial charge < -0.3 is 19.7 Å². The molecule has 0 radical (unpaired) electrons. The zero-order chi connectivity index (χ0) is 21.9. The van der Waals surface area contributed by atoms with Gasteiger partial charge in [0.1, 0.15) is 33.0 Å². The van der Waals surface area contributed by atoms with Gasteiger partial charge in [-0.25, -0.2) is 8.42 Å². The number of hydrogen-bond donors (Lipinski definition) is 1. The number of phenolic OH excluding ortho intramolecular Hbond substituents is 1. The summed E-state index contributed by atoms with van der Waals surface area (Å²) in [6.45, 7) is 1.75. The average molecular weight is 496 g/mol. The number of aryl methyl sites for hydroxylation is 1. The molecule has 0 aliphatic rings. The fourth-order valence-corrected chi connectivity index (χ4v) is 3.63. The molecule has 0 bridgehead atoms. The number of rotatable bonds is 7. The molecule has 1 N–H and O–H groups in total. The molecule has 0 aliphatic carbocycles. The van der Waals surface area contributed by atoms with Crippen LogP contribution in [0.25, 0.3) is 10.8 Å². The Morgan fingerprint density at radius 3 is 2.41 bits per heavy atom. The van der Waals surface area contributed by atoms with Crippen molar-refractivity contribution in [2.45, 2.75) is 16.7 Å². The molecule has 0 spiro atoms. The maximum Gasteiger partial charge on any atom is 1.00 e. The van der Waals surface area contributed by atoms with Gasteiger partial charge in [-0.2, -0.15) is 4.33 Å². The number of hydrogen-bond acceptors (Lipinski definition) is 11. The van der Waals surface area contributed by atoms with E-state index >= 15 is 0 Å². The largest absolute Gasteiger partial charge is 1.00 e. The normalized spacial score (nSPS) is 11.2. The number of nitrogens with zero attached hydrogens (tertiary/aromatic N) is 2. The predicted molar refractivity (Wildman–Crippen MR) is 104 cm³/mol. The molecule has 0 saturated heterocycles. The minimum atomic E-state index is -4.62. The van der Waals surface area contributed by atoms with E-state index in [0.717, 1.165) is 6.07 Å². The Hall–Kier alpha value is -0.740. The zero-order valence-electron chi connectivity index (χ0n) is 17.6. The Balaban J connectivity index is 0.00000256. The molecule has 0 heterocycles. The second-order valence-corrected chi connectivity index (χ2v) is 8.10. The summed E-state index contributed by atoms with van der Waals surface area (Å²) in [5.74, 6) is 0.133. The second-order valence-electron chi connectivity index (χ2n) is 5.98. The van der Waals surface area contributed by atoms with Crippen molar-refractivity contribution in [3.8, 4) is 11.5 Å². The smallest absolute Gasteiger partial charge is 0.744 e. The maximum absolute atomic E-state index is 11.2. The van der Waals surface area contributed by atoms with Crippen molar-refractivity contribution in [1.29, 1.82) is 0 Å². The number of aromatic hydroxyl groups is 1. The number of azo groups is 1. The Bertz CT molecular complexity index is 1240. The maximum atomic E-state index is 11.2. The molecule has 0 atom stereocenters. The molecule has 3 aromatic rings. The molecule has 0 aliphatic heterocycles. The van der Waals surface area contributed by atoms with E-state index in [0.29, 0.717) is 44.7 Å². The first-order valence-electron chi connectivity index (χ1n) is 8.19. The van der Waals surface area contributed by atoms with Crippen LogP contribution in [0.15, 0.2) is 62.5 Å². The fraction of sp³-hybridized carbons (Fsp3) is 0.111. The van der Waals surface area contributed by atoms with Gasteiger partial charge in [-0.15, -0.1) is 10.2 Å². The molecular formula is C18H14N2Na2O8S2. The SMILES string of the molecule is COc1cc(SOO[O-])c(C)cc1N=Nc1c(O)ccc2cc(S(=O)(=O)[O-])ccc12.[Na+].[Na+]. The third-order valence-electron chi connectivity index (χ3n) is 4.12. The van der Waals surface area contributed by atoms with Crippen LogP contribution in [0.2, 0.25) is 0 Å². The van der Waals surface area contributed by atoms with E-state index in [1.165, 1.54) is 31.4 Å². The van der Waals surface area contributed by atoms with Gasteiger partial charge in [-0.3, -0.25) is 5.04 Å². The van der Waals surface area contributed by atoms with Gasteiger partial charge in [-0.1, -0.05) is 12.1 Å². The van der Waals surface area contributed by atoms with E-state index in [9.17, 15) is 23.3 Å². The fourth-order valence-electron chi connectivity index (χ4n) is 2.68. The molecule has 158 valence electrons. The molecule has 3 aromatic carbocycles. The summed E-state index contributed by atoms with van der Waals surface area (Å²) < 4.78 is 43.3. The van der Waals surface area contributed by atoms with E-state index < -0.39 is 15.0 Å². The molecule has 10 nitrogen and oxygen atoms in total. The summed E-state index contributed by atoms with van der Waals surface area (Å²) in [6, 6.07) is 9.69. The number of phenols is 1. The van der Waals surface area contributed by atoms with Crippen LogP contribution in [0.5, 0.6) is 11.5 Å². The molecule has 32 heavy (non-hydrogen) atoms. The Morgan fingerprint density at radius 1 is 1.06 bits per heavy atom. The van der Waals surface area contributed by atoms with Gasteiger partial charge in [0.05, 0.1) is 24.0 Å². The van der Waals surface area contributed by atoms with Crippen LogP contribution in [-0.4, -0.2) is 25.2 Å². The summed E-state index contributed by atoms with van der Waals surface area (Å²) in [7, 11) is -3.20. The van der Waals surface area contributed by atoms with Gasteiger partial charge in [0.25, 0.3) is 0 Å². The van der Waals surface area contributed by atoms with Crippen molar-refractivity contribution >= 4 is 44.3 Å². The molecule has 0 fully saturated rings. The summed E-state index contributed by atoms with van der Waals surface area (Å²) in [5.41, 5.74) is 1.11. The zero-order valence-corrected chi connectivity index (χ0v) is 23.2. The van der Waals surface area contributed by atoms with E-state index in [4.69, 9.17) is 4.74 Å². The Morgan fingerprint density at radius 2 is 1.78 bits per heavy atom. The quantitative estimate of drug-likeness (QED) is 0.0928. The third-order valence-corrected chi connectivity index (χ3v) is 5.69. The Labute approximate surface area is 232 Å². The topological polar surface area (TPSA) is 153 Å². The van der Waals surface area contributed by atoms with Gasteiger partial charge in [-0.05, 0) is 48.2 Å². The first-order valence-corrected chi connectivity index (χ1v) is 10.3. The summed E-state index contributed by atoms with van der Waals surface area (Å²) in [4.78, 5) is 0.166. The second kappa shape index (κ2) is 12.6. The molecule has 0 aromatic heterocycles. The Kier molecular flexibility index (Phi) is 11.6. The van der Waals surface area contributed by atoms with E-state index in [-0.39, 0.29) is 70.6 Å². The molecule has 0 unspecified atom stereocenters. The van der Waals surface area contributed by atoms with E-state index in [1.807, 2.05) is 0 Å². The van der Waals surface area contributed by atoms with Gasteiger partial charge in [0.2, 0.25) is 0 Å². The van der Waals surface area contributed by atoms with Crippen LogP contribution in [0.4, 0.5) is 11.4 Å². The van der Waals surface area contributed by atoms with E-state index in [1.54, 1.807) is 19.1 Å². The number of ether oxygens (including phenoxy) is 1. The third kappa shape index (κ3) is 6.88. The van der Waals surface area contributed by atoms with Crippen LogP contribution in [0.3, 0.4) is 0 Å². The average Bonchev–Trinajstić information content (AvgIpc) is 2.71. The summed E-state index contributed by atoms with van der Waals surface area (Å²) in [5, 5.41) is 32.6. The van der Waals surface area contributed by atoms with Gasteiger partial charge in [0, 0.05) is 10.3 Å². The van der Waals surface area contributed by atoms with Crippen LogP contribution in [-0.2, 0) is 19.5 Å². The predicted octanol–water partition coefficient (Wildman–Crippen LogP) is -2.58. The van der Waals surface area contributed by atoms with Crippen molar-refractivity contribution in [3.05, 3.63) is 48.0 Å². The molecule has 0 amide bonds. The van der Waals surface area contributed by atoms with Crippen molar-refractivity contribution < 1.29 is 96.6 Å². The number of fused-ring (bicyclic) bond motifs is 1. The van der Waals surface area contributed by atoms with Crippen LogP contribution < -0.4 is 69.1 Å². The van der Waals surface area contributed by atoms with Crippen LogP contribution >= 0.6 is 12.0 Å². The molecule has 14 heteroatoms. The van der Waals surface area contributed by atoms with Crippen LogP contribution in [0, 0.1) is 6.92 Å². The van der Waals surface area contributed by atoms with Crippen molar-refractivity contribution in [1.82, 2.24) is 0 Å². The summed E-state index contributed by atoms with van der Waals surface area (Å²) >= 11 is 0.706. The van der Waals surface area contributed by atoms with Gasteiger partial charge in [0.15, 0.2) is 0 Å². The van der Waals surface area contributed by atoms with Crippen molar-refractivity contribution in [2.24, 2.45) is 10.2 Å². The summed E-state index contributed by atoms with van der Waals surface area (Å²) in [6.07, 6.45) is 0. The number of benzene rings is 3. The minimum absolute atomic E-state index is 0. The van der Waals surface area contributed by atoms with Crippen LogP contribution in [0.1, 0.15) is 5.56 Å².